The van der Waals surface area contributed by atoms with Gasteiger partial charge < -0.3 is 14.4 Å². The van der Waals surface area contributed by atoms with Crippen molar-refractivity contribution in [3.05, 3.63) is 39.9 Å². The number of ether oxygens (including phenoxy) is 2. The van der Waals surface area contributed by atoms with Crippen molar-refractivity contribution < 1.29 is 24.0 Å². The maximum Gasteiger partial charge on any atom is 0.410 e. The zero-order valence-electron chi connectivity index (χ0n) is 16.7. The van der Waals surface area contributed by atoms with Crippen LogP contribution in [-0.4, -0.2) is 71.7 Å². The van der Waals surface area contributed by atoms with Gasteiger partial charge in [0.15, 0.2) is 0 Å². The van der Waals surface area contributed by atoms with E-state index in [-0.39, 0.29) is 18.2 Å². The number of carbonyl (C=O) groups excluding carboxylic acids is 2. The summed E-state index contributed by atoms with van der Waals surface area (Å²) in [7, 11) is 1.30. The first-order valence-electron chi connectivity index (χ1n) is 9.14. The minimum atomic E-state index is -0.660. The predicted molar refractivity (Wildman–Crippen MR) is 102 cm³/mol. The highest BCUT2D eigenvalue weighted by atomic mass is 16.6. The molecule has 1 amide bonds. The molecule has 1 aliphatic rings. The molecule has 0 aromatic heterocycles. The summed E-state index contributed by atoms with van der Waals surface area (Å²) >= 11 is 0. The van der Waals surface area contributed by atoms with Gasteiger partial charge in [-0.2, -0.15) is 0 Å². The van der Waals surface area contributed by atoms with Crippen LogP contribution in [0.15, 0.2) is 24.3 Å². The van der Waals surface area contributed by atoms with Crippen LogP contribution in [0.5, 0.6) is 0 Å². The average molecular weight is 393 g/mol. The number of amides is 1. The van der Waals surface area contributed by atoms with E-state index in [2.05, 4.69) is 0 Å². The van der Waals surface area contributed by atoms with Gasteiger partial charge in [0.25, 0.3) is 5.69 Å². The van der Waals surface area contributed by atoms with Crippen LogP contribution in [0.4, 0.5) is 10.5 Å². The summed E-state index contributed by atoms with van der Waals surface area (Å²) in [6.07, 6.45) is -0.225. The van der Waals surface area contributed by atoms with E-state index >= 15 is 0 Å². The van der Waals surface area contributed by atoms with E-state index in [1.807, 2.05) is 4.90 Å². The molecule has 1 aromatic carbocycles. The van der Waals surface area contributed by atoms with Gasteiger partial charge in [-0.15, -0.1) is 0 Å². The topological polar surface area (TPSA) is 102 Å². The second kappa shape index (κ2) is 9.01. The van der Waals surface area contributed by atoms with Crippen LogP contribution in [0, 0.1) is 10.1 Å². The molecule has 1 heterocycles. The van der Waals surface area contributed by atoms with Crippen LogP contribution >= 0.6 is 0 Å². The number of nitro benzene ring substituents is 1. The van der Waals surface area contributed by atoms with Crippen molar-refractivity contribution in [1.82, 2.24) is 9.80 Å². The van der Waals surface area contributed by atoms with Gasteiger partial charge in [-0.3, -0.25) is 19.8 Å². The Morgan fingerprint density at radius 1 is 1.18 bits per heavy atom. The second-order valence-electron chi connectivity index (χ2n) is 7.63. The quantitative estimate of drug-likeness (QED) is 0.429. The predicted octanol–water partition coefficient (Wildman–Crippen LogP) is 2.23. The van der Waals surface area contributed by atoms with E-state index in [9.17, 15) is 19.7 Å². The molecule has 1 aliphatic heterocycles. The van der Waals surface area contributed by atoms with Gasteiger partial charge in [-0.05, 0) is 20.8 Å². The summed E-state index contributed by atoms with van der Waals surface area (Å²) in [6.45, 7) is 7.11. The van der Waals surface area contributed by atoms with Crippen molar-refractivity contribution in [2.75, 3.05) is 33.3 Å². The second-order valence-corrected chi connectivity index (χ2v) is 7.63. The summed E-state index contributed by atoms with van der Waals surface area (Å²) in [4.78, 5) is 38.9. The molecule has 0 radical (unpaired) electrons. The van der Waals surface area contributed by atoms with Gasteiger partial charge in [-0.1, -0.05) is 18.2 Å². The molecule has 1 saturated heterocycles. The summed E-state index contributed by atoms with van der Waals surface area (Å²) in [5.41, 5.74) is -0.129. The first-order valence-corrected chi connectivity index (χ1v) is 9.14. The highest BCUT2D eigenvalue weighted by Gasteiger charge is 2.33. The monoisotopic (exact) mass is 393 g/mol. The Morgan fingerprint density at radius 3 is 2.32 bits per heavy atom. The number of rotatable bonds is 5. The Kier molecular flexibility index (Phi) is 6.95. The smallest absolute Gasteiger partial charge is 0.410 e. The fourth-order valence-corrected chi connectivity index (χ4v) is 3.11. The van der Waals surface area contributed by atoms with Crippen molar-refractivity contribution >= 4 is 17.7 Å². The highest BCUT2D eigenvalue weighted by molar-refractivity contribution is 5.76. The van der Waals surface area contributed by atoms with E-state index in [0.29, 0.717) is 31.7 Å². The lowest BCUT2D eigenvalue weighted by molar-refractivity contribution is -0.385. The van der Waals surface area contributed by atoms with Crippen LogP contribution in [0.3, 0.4) is 0 Å². The van der Waals surface area contributed by atoms with Crippen LogP contribution in [0.2, 0.25) is 0 Å². The third-order valence-corrected chi connectivity index (χ3v) is 4.48. The molecule has 0 spiro atoms. The Hall–Kier alpha value is -2.68. The van der Waals surface area contributed by atoms with Crippen molar-refractivity contribution in [2.24, 2.45) is 0 Å². The minimum Gasteiger partial charge on any atom is -0.468 e. The number of nitro groups is 1. The highest BCUT2D eigenvalue weighted by Crippen LogP contribution is 2.22. The Labute approximate surface area is 164 Å². The Balaban J connectivity index is 2.09. The number of esters is 1. The summed E-state index contributed by atoms with van der Waals surface area (Å²) in [5.74, 6) is -0.455. The molecule has 0 aliphatic carbocycles. The van der Waals surface area contributed by atoms with Gasteiger partial charge in [-0.25, -0.2) is 4.79 Å². The molecule has 0 N–H and O–H groups in total. The molecule has 1 fully saturated rings. The van der Waals surface area contributed by atoms with Crippen molar-refractivity contribution in [3.8, 4) is 0 Å². The number of hydrogen-bond acceptors (Lipinski definition) is 7. The third-order valence-electron chi connectivity index (χ3n) is 4.48. The molecule has 1 aromatic rings. The van der Waals surface area contributed by atoms with Gasteiger partial charge in [0.05, 0.1) is 12.0 Å². The van der Waals surface area contributed by atoms with E-state index in [4.69, 9.17) is 9.47 Å². The number of benzene rings is 1. The lowest BCUT2D eigenvalue weighted by atomic mass is 10.0. The molecule has 0 unspecified atom stereocenters. The largest absolute Gasteiger partial charge is 0.468 e. The van der Waals surface area contributed by atoms with Crippen molar-refractivity contribution in [2.45, 2.75) is 38.8 Å². The average Bonchev–Trinajstić information content (AvgIpc) is 2.64. The molecule has 1 atom stereocenters. The number of nitrogens with zero attached hydrogens (tertiary/aromatic N) is 3. The van der Waals surface area contributed by atoms with Gasteiger partial charge in [0, 0.05) is 44.2 Å². The van der Waals surface area contributed by atoms with Gasteiger partial charge >= 0.3 is 12.1 Å². The Bertz CT molecular complexity index is 723. The third kappa shape index (κ3) is 5.66. The first kappa shape index (κ1) is 21.6. The summed E-state index contributed by atoms with van der Waals surface area (Å²) < 4.78 is 10.3. The van der Waals surface area contributed by atoms with Crippen molar-refractivity contribution in [3.63, 3.8) is 0 Å². The molecule has 154 valence electrons. The molecule has 0 bridgehead atoms. The SMILES string of the molecule is COC(=O)[C@H](Cc1ccccc1[N+](=O)[O-])N1CCN(C(=O)OC(C)(C)C)CC1. The first-order chi connectivity index (χ1) is 13.1. The van der Waals surface area contributed by atoms with Gasteiger partial charge in [0.2, 0.25) is 0 Å². The van der Waals surface area contributed by atoms with E-state index < -0.39 is 22.5 Å². The maximum atomic E-state index is 12.4. The number of hydrogen-bond donors (Lipinski definition) is 0. The molecule has 0 saturated carbocycles. The lowest BCUT2D eigenvalue weighted by Gasteiger charge is -2.38. The van der Waals surface area contributed by atoms with Crippen LogP contribution in [0.25, 0.3) is 0 Å². The molecule has 9 nitrogen and oxygen atoms in total. The number of para-hydroxylation sites is 1. The van der Waals surface area contributed by atoms with Crippen LogP contribution < -0.4 is 0 Å². The molecule has 9 heteroatoms. The van der Waals surface area contributed by atoms with E-state index in [0.717, 1.165) is 0 Å². The van der Waals surface area contributed by atoms with E-state index in [1.165, 1.54) is 13.2 Å². The molecule has 2 rings (SSSR count). The van der Waals surface area contributed by atoms with Crippen LogP contribution in [-0.2, 0) is 20.7 Å². The van der Waals surface area contributed by atoms with Gasteiger partial charge in [0.1, 0.15) is 11.6 Å². The molecular weight excluding hydrogens is 366 g/mol. The lowest BCUT2D eigenvalue weighted by Crippen LogP contribution is -2.55. The Morgan fingerprint density at radius 2 is 1.79 bits per heavy atom. The fourth-order valence-electron chi connectivity index (χ4n) is 3.11. The molecular formula is C19H27N3O6. The zero-order valence-corrected chi connectivity index (χ0v) is 16.7. The summed E-state index contributed by atoms with van der Waals surface area (Å²) in [6, 6.07) is 5.70. The summed E-state index contributed by atoms with van der Waals surface area (Å²) in [5, 5.41) is 11.3. The number of methoxy groups -OCH3 is 1. The van der Waals surface area contributed by atoms with Crippen molar-refractivity contribution in [1.29, 1.82) is 0 Å². The van der Waals surface area contributed by atoms with Crippen LogP contribution in [0.1, 0.15) is 26.3 Å². The number of carbonyl (C=O) groups is 2. The normalized spacial score (nSPS) is 16.4. The fraction of sp³-hybridized carbons (Fsp3) is 0.579. The minimum absolute atomic E-state index is 0.0243. The van der Waals surface area contributed by atoms with E-state index in [1.54, 1.807) is 43.9 Å². The molecule has 28 heavy (non-hydrogen) atoms. The maximum absolute atomic E-state index is 12.4. The number of piperazine rings is 1. The standard InChI is InChI=1S/C19H27N3O6/c1-19(2,3)28-18(24)21-11-9-20(10-12-21)16(17(23)27-4)13-14-7-5-6-8-15(14)22(25)26/h5-8,16H,9-13H2,1-4H3/t16-/m0/s1. The zero-order chi connectivity index (χ0) is 20.9.